The lowest BCUT2D eigenvalue weighted by Crippen LogP contribution is -2.61. The van der Waals surface area contributed by atoms with Gasteiger partial charge in [-0.3, -0.25) is 0 Å². The van der Waals surface area contributed by atoms with E-state index in [1.165, 1.54) is 0 Å². The zero-order valence-electron chi connectivity index (χ0n) is 74.1. The third-order valence-corrected chi connectivity index (χ3v) is 18.8. The zero-order valence-corrected chi connectivity index (χ0v) is 54.1. The van der Waals surface area contributed by atoms with Gasteiger partial charge in [0.2, 0.25) is 0 Å². The summed E-state index contributed by atoms with van der Waals surface area (Å²) >= 11 is 0. The van der Waals surface area contributed by atoms with Gasteiger partial charge in [-0.2, -0.15) is 0 Å². The molecule has 1 aliphatic carbocycles. The summed E-state index contributed by atoms with van der Waals surface area (Å²) in [5.74, 6) is -0.171. The molecule has 14 rings (SSSR count). The molecule has 91 heavy (non-hydrogen) atoms. The van der Waals surface area contributed by atoms with Crippen molar-refractivity contribution in [3.05, 3.63) is 270 Å². The van der Waals surface area contributed by atoms with E-state index in [0.717, 1.165) is 58.2 Å². The summed E-state index contributed by atoms with van der Waals surface area (Å²) in [6.07, 6.45) is 4.07. The monoisotopic (exact) mass is 1200 g/mol. The van der Waals surface area contributed by atoms with Gasteiger partial charge < -0.3 is 9.80 Å². The van der Waals surface area contributed by atoms with Gasteiger partial charge in [0.15, 0.2) is 0 Å². The van der Waals surface area contributed by atoms with Gasteiger partial charge in [0.25, 0.3) is 6.71 Å². The van der Waals surface area contributed by atoms with Crippen LogP contribution in [0.1, 0.15) is 176 Å². The van der Waals surface area contributed by atoms with Crippen LogP contribution in [0.3, 0.4) is 0 Å². The maximum Gasteiger partial charge on any atom is 0.252 e. The van der Waals surface area contributed by atoms with E-state index in [9.17, 15) is 21.9 Å². The summed E-state index contributed by atoms with van der Waals surface area (Å²) in [4.78, 5) is 3.94. The molecule has 0 radical (unpaired) electrons. The van der Waals surface area contributed by atoms with Crippen LogP contribution in [0, 0.1) is 0 Å². The van der Waals surface area contributed by atoms with Crippen molar-refractivity contribution in [1.29, 1.82) is 0 Å². The van der Waals surface area contributed by atoms with Gasteiger partial charge in [-0.05, 0) is 178 Å². The molecular formula is C88H87BN2. The quantitative estimate of drug-likeness (QED) is 0.133. The Morgan fingerprint density at radius 1 is 0.319 bits per heavy atom. The van der Waals surface area contributed by atoms with Gasteiger partial charge in [-0.15, -0.1) is 0 Å². The topological polar surface area (TPSA) is 6.48 Å². The van der Waals surface area contributed by atoms with E-state index < -0.39 is 138 Å². The molecule has 11 aromatic rings. The van der Waals surface area contributed by atoms with Crippen molar-refractivity contribution >= 4 is 57.2 Å². The van der Waals surface area contributed by atoms with E-state index in [-0.39, 0.29) is 72.6 Å². The number of nitrogens with zero attached hydrogens (tertiary/aromatic N) is 2. The van der Waals surface area contributed by atoms with Crippen LogP contribution in [0.5, 0.6) is 0 Å². The van der Waals surface area contributed by atoms with Crippen molar-refractivity contribution in [2.24, 2.45) is 0 Å². The number of anilines is 6. The van der Waals surface area contributed by atoms with Gasteiger partial charge in [0.1, 0.15) is 0 Å². The van der Waals surface area contributed by atoms with Crippen LogP contribution < -0.4 is 26.2 Å². The fraction of sp³-hybridized carbons (Fsp3) is 0.250. The number of rotatable bonds is 9. The van der Waals surface area contributed by atoms with Crippen LogP contribution in [0.15, 0.2) is 242 Å². The molecule has 0 saturated heterocycles. The predicted molar refractivity (Wildman–Crippen MR) is 394 cm³/mol. The third-order valence-electron chi connectivity index (χ3n) is 18.8. The highest BCUT2D eigenvalue weighted by Gasteiger charge is 2.46. The van der Waals surface area contributed by atoms with Crippen LogP contribution in [-0.2, 0) is 21.7 Å². The fourth-order valence-electron chi connectivity index (χ4n) is 13.8. The van der Waals surface area contributed by atoms with E-state index >= 15 is 0 Å². The van der Waals surface area contributed by atoms with E-state index in [4.69, 9.17) is 5.48 Å². The second-order valence-corrected chi connectivity index (χ2v) is 29.0. The first kappa shape index (κ1) is 40.7. The Morgan fingerprint density at radius 2 is 0.626 bits per heavy atom. The molecule has 0 unspecified atom stereocenters. The smallest absolute Gasteiger partial charge is 0.252 e. The molecular weight excluding hydrogens is 1100 g/mol. The van der Waals surface area contributed by atoms with Gasteiger partial charge in [-0.25, -0.2) is 0 Å². The van der Waals surface area contributed by atoms with Crippen molar-refractivity contribution in [3.8, 4) is 66.8 Å². The summed E-state index contributed by atoms with van der Waals surface area (Å²) in [7, 11) is 0. The third kappa shape index (κ3) is 11.2. The number of benzene rings is 11. The first-order valence-corrected chi connectivity index (χ1v) is 31.9. The standard InChI is InChI=1S/C88H87BN2/c1-85(2,3)68-44-38-59(39-45-68)65-42-48-78-76(50-65)89-77-51-66(60-40-46-69(47-41-60)86(4,5)6)43-49-79(77)91(84-74(63-34-24-16-25-35-63)56-71(88(10,11)12)57-75(84)64-36-26-17-27-37-64)81-53-67(58-28-18-13-19-29-58)52-80(82(81)89)90(78)83-72(61-30-20-14-21-31-61)54-70(87(7,8)9)55-73(83)62-32-22-15-23-33-62/h14-17,20-27,30-58H,13,18-19,28-29H2,1-12H3/i14D,15D,16D,17D,20D,21D,22D,23D,24D,25D,26D,27D,30D,31D,32D,33D,34D,35D,36D,37D. The molecule has 1 saturated carbocycles. The molecule has 2 heterocycles. The van der Waals surface area contributed by atoms with Crippen LogP contribution in [0.2, 0.25) is 0 Å². The van der Waals surface area contributed by atoms with Crippen LogP contribution >= 0.6 is 0 Å². The molecule has 11 aromatic carbocycles. The maximum atomic E-state index is 10.0. The highest BCUT2D eigenvalue weighted by atomic mass is 15.2. The Morgan fingerprint density at radius 3 is 0.934 bits per heavy atom. The fourth-order valence-corrected chi connectivity index (χ4v) is 13.8. The summed E-state index contributed by atoms with van der Waals surface area (Å²) < 4.78 is 192. The minimum absolute atomic E-state index is 0.0723. The summed E-state index contributed by atoms with van der Waals surface area (Å²) in [6.45, 7) is 23.6. The van der Waals surface area contributed by atoms with E-state index in [0.29, 0.717) is 63.1 Å². The lowest BCUT2D eigenvalue weighted by molar-refractivity contribution is 0.444. The minimum Gasteiger partial charge on any atom is -0.310 e. The number of hydrogen-bond donors (Lipinski definition) is 0. The minimum atomic E-state index is -0.847. The molecule has 0 amide bonds. The lowest BCUT2D eigenvalue weighted by Gasteiger charge is -2.46. The van der Waals surface area contributed by atoms with Gasteiger partial charge in [0, 0.05) is 45.0 Å². The average molecular weight is 1200 g/mol. The largest absolute Gasteiger partial charge is 0.310 e. The summed E-state index contributed by atoms with van der Waals surface area (Å²) in [5, 5.41) is 0. The molecule has 2 aliphatic heterocycles. The molecule has 0 atom stereocenters. The number of fused-ring (bicyclic) bond motifs is 4. The number of hydrogen-bond acceptors (Lipinski definition) is 2. The molecule has 3 aliphatic rings. The summed E-state index contributed by atoms with van der Waals surface area (Å²) in [6, 6.07) is 28.1. The van der Waals surface area contributed by atoms with Crippen LogP contribution in [0.25, 0.3) is 66.8 Å². The Labute approximate surface area is 571 Å². The molecule has 0 N–H and O–H groups in total. The first-order chi connectivity index (χ1) is 51.9. The van der Waals surface area contributed by atoms with Gasteiger partial charge >= 0.3 is 0 Å². The van der Waals surface area contributed by atoms with E-state index in [1.807, 2.05) is 75.6 Å². The Balaban J connectivity index is 1.27. The van der Waals surface area contributed by atoms with E-state index in [1.54, 1.807) is 24.3 Å². The van der Waals surface area contributed by atoms with Crippen molar-refractivity contribution in [1.82, 2.24) is 0 Å². The lowest BCUT2D eigenvalue weighted by atomic mass is 9.33. The maximum absolute atomic E-state index is 10.0. The molecule has 1 fully saturated rings. The zero-order chi connectivity index (χ0) is 80.5. The Kier molecular flexibility index (Phi) is 10.3. The predicted octanol–water partition coefficient (Wildman–Crippen LogP) is 23.0. The molecule has 2 nitrogen and oxygen atoms in total. The van der Waals surface area contributed by atoms with Crippen molar-refractivity contribution in [2.45, 2.75) is 143 Å². The van der Waals surface area contributed by atoms with Gasteiger partial charge in [-0.1, -0.05) is 296 Å². The SMILES string of the molecule is [2H]c1c([2H])c([2H])c(-c2cc(C(C)(C)C)cc(-c3c([2H])c([2H])c([2H])c([2H])c3[2H])c2N2c3ccc(-c4ccc(C(C)(C)C)cc4)cc3B3c4cc(-c5ccc(C(C)(C)C)cc5)ccc4N(c4c(-c5c([2H])c([2H])c([2H])c([2H])c5[2H])cc(C(C)(C)C)cc4-c4c([2H])c([2H])c([2H])c([2H])c4[2H])c4cc(C5CCCCC5)cc2c43)c([2H])c1[2H]. The summed E-state index contributed by atoms with van der Waals surface area (Å²) in [5.41, 5.74) is 8.56. The second-order valence-electron chi connectivity index (χ2n) is 29.0. The highest BCUT2D eigenvalue weighted by molar-refractivity contribution is 7.00. The van der Waals surface area contributed by atoms with Gasteiger partial charge in [0.05, 0.1) is 38.8 Å². The molecule has 3 heteroatoms. The molecule has 452 valence electrons. The Hall–Kier alpha value is -8.92. The molecule has 0 spiro atoms. The normalized spacial score (nSPS) is 17.3. The Bertz CT molecular complexity index is 5120. The van der Waals surface area contributed by atoms with Crippen molar-refractivity contribution in [3.63, 3.8) is 0 Å². The van der Waals surface area contributed by atoms with Crippen molar-refractivity contribution in [2.75, 3.05) is 9.80 Å². The van der Waals surface area contributed by atoms with Crippen molar-refractivity contribution < 1.29 is 27.4 Å². The first-order valence-electron chi connectivity index (χ1n) is 41.9. The average Bonchev–Trinajstić information content (AvgIpc) is 0.681. The molecule has 0 bridgehead atoms. The second kappa shape index (κ2) is 23.1. The molecule has 0 aromatic heterocycles. The highest BCUT2D eigenvalue weighted by Crippen LogP contribution is 2.55. The van der Waals surface area contributed by atoms with Crippen LogP contribution in [-0.4, -0.2) is 6.71 Å². The van der Waals surface area contributed by atoms with E-state index in [2.05, 4.69) is 114 Å². The van der Waals surface area contributed by atoms with Crippen LogP contribution in [0.4, 0.5) is 34.1 Å².